The second kappa shape index (κ2) is 2.46. The first kappa shape index (κ1) is 8.48. The van der Waals surface area contributed by atoms with Gasteiger partial charge in [-0.15, -0.1) is 0 Å². The van der Waals surface area contributed by atoms with Crippen LogP contribution in [0.2, 0.25) is 0 Å². The van der Waals surface area contributed by atoms with Crippen molar-refractivity contribution in [3.8, 4) is 0 Å². The fourth-order valence-corrected chi connectivity index (χ4v) is 2.87. The van der Waals surface area contributed by atoms with Crippen molar-refractivity contribution in [2.45, 2.75) is 6.10 Å². The van der Waals surface area contributed by atoms with Crippen LogP contribution < -0.4 is 0 Å². The summed E-state index contributed by atoms with van der Waals surface area (Å²) < 4.78 is 21.5. The number of aliphatic hydroxyl groups is 1. The third-order valence-electron chi connectivity index (χ3n) is 1.64. The van der Waals surface area contributed by atoms with Gasteiger partial charge in [-0.1, -0.05) is 0 Å². The third kappa shape index (κ3) is 1.69. The lowest BCUT2D eigenvalue weighted by Crippen LogP contribution is -2.25. The van der Waals surface area contributed by atoms with E-state index >= 15 is 0 Å². The van der Waals surface area contributed by atoms with Crippen LogP contribution in [0.15, 0.2) is 0 Å². The van der Waals surface area contributed by atoms with Gasteiger partial charge in [-0.25, -0.2) is 8.42 Å². The molecular weight excluding hydrogens is 172 g/mol. The van der Waals surface area contributed by atoms with E-state index in [1.165, 1.54) is 0 Å². The molecule has 1 rings (SSSR count). The van der Waals surface area contributed by atoms with Gasteiger partial charge >= 0.3 is 5.97 Å². The molecule has 11 heavy (non-hydrogen) atoms. The van der Waals surface area contributed by atoms with Gasteiger partial charge < -0.3 is 10.2 Å². The van der Waals surface area contributed by atoms with Crippen LogP contribution in [0.1, 0.15) is 0 Å². The number of hydrogen-bond acceptors (Lipinski definition) is 4. The van der Waals surface area contributed by atoms with Gasteiger partial charge in [0.05, 0.1) is 23.5 Å². The molecule has 0 aliphatic carbocycles. The molecule has 1 saturated heterocycles. The molecule has 1 heterocycles. The highest BCUT2D eigenvalue weighted by Gasteiger charge is 2.40. The topological polar surface area (TPSA) is 91.7 Å². The Hall–Kier alpha value is -0.620. The van der Waals surface area contributed by atoms with Gasteiger partial charge in [0.15, 0.2) is 9.84 Å². The highest BCUT2D eigenvalue weighted by atomic mass is 32.2. The van der Waals surface area contributed by atoms with Crippen molar-refractivity contribution >= 4 is 15.8 Å². The van der Waals surface area contributed by atoms with E-state index in [0.29, 0.717) is 0 Å². The summed E-state index contributed by atoms with van der Waals surface area (Å²) in [6.45, 7) is 0. The molecular formula is C5H8O5S. The van der Waals surface area contributed by atoms with Crippen LogP contribution in [-0.2, 0) is 14.6 Å². The van der Waals surface area contributed by atoms with Crippen molar-refractivity contribution in [2.24, 2.45) is 5.92 Å². The molecule has 0 unspecified atom stereocenters. The Bertz CT molecular complexity index is 267. The minimum atomic E-state index is -3.32. The molecule has 0 spiro atoms. The molecule has 0 aromatic carbocycles. The van der Waals surface area contributed by atoms with Crippen LogP contribution >= 0.6 is 0 Å². The maximum atomic E-state index is 10.7. The van der Waals surface area contributed by atoms with Gasteiger partial charge in [0.25, 0.3) is 0 Å². The zero-order valence-electron chi connectivity index (χ0n) is 5.60. The average Bonchev–Trinajstić information content (AvgIpc) is 2.05. The fourth-order valence-electron chi connectivity index (χ4n) is 1.06. The fraction of sp³-hybridized carbons (Fsp3) is 0.800. The van der Waals surface area contributed by atoms with Gasteiger partial charge in [0, 0.05) is 0 Å². The van der Waals surface area contributed by atoms with Crippen molar-refractivity contribution in [2.75, 3.05) is 11.5 Å². The predicted octanol–water partition coefficient (Wildman–Crippen LogP) is -1.52. The third-order valence-corrected chi connectivity index (χ3v) is 3.36. The Balaban J connectivity index is 2.83. The van der Waals surface area contributed by atoms with Crippen molar-refractivity contribution in [3.63, 3.8) is 0 Å². The highest BCUT2D eigenvalue weighted by molar-refractivity contribution is 7.91. The Morgan fingerprint density at radius 2 is 1.91 bits per heavy atom. The molecule has 5 nitrogen and oxygen atoms in total. The van der Waals surface area contributed by atoms with E-state index in [1.54, 1.807) is 0 Å². The Morgan fingerprint density at radius 1 is 1.36 bits per heavy atom. The van der Waals surface area contributed by atoms with Crippen molar-refractivity contribution in [3.05, 3.63) is 0 Å². The molecule has 0 aromatic heterocycles. The molecule has 2 N–H and O–H groups in total. The predicted molar refractivity (Wildman–Crippen MR) is 35.8 cm³/mol. The summed E-state index contributed by atoms with van der Waals surface area (Å²) in [7, 11) is -3.32. The molecule has 0 saturated carbocycles. The van der Waals surface area contributed by atoms with E-state index in [-0.39, 0.29) is 0 Å². The van der Waals surface area contributed by atoms with Gasteiger partial charge in [-0.2, -0.15) is 0 Å². The van der Waals surface area contributed by atoms with Crippen LogP contribution in [0.5, 0.6) is 0 Å². The summed E-state index contributed by atoms with van der Waals surface area (Å²) in [6, 6.07) is 0. The van der Waals surface area contributed by atoms with Crippen LogP contribution in [0.3, 0.4) is 0 Å². The zero-order chi connectivity index (χ0) is 8.65. The first-order valence-electron chi connectivity index (χ1n) is 3.04. The molecule has 6 heteroatoms. The Kier molecular flexibility index (Phi) is 1.89. The lowest BCUT2D eigenvalue weighted by Gasteiger charge is -2.04. The van der Waals surface area contributed by atoms with Gasteiger partial charge in [-0.3, -0.25) is 4.79 Å². The van der Waals surface area contributed by atoms with Crippen molar-refractivity contribution < 1.29 is 23.4 Å². The van der Waals surface area contributed by atoms with Crippen LogP contribution in [0.25, 0.3) is 0 Å². The number of aliphatic carboxylic acids is 1. The van der Waals surface area contributed by atoms with Crippen molar-refractivity contribution in [1.29, 1.82) is 0 Å². The summed E-state index contributed by atoms with van der Waals surface area (Å²) in [5.41, 5.74) is 0. The monoisotopic (exact) mass is 180 g/mol. The number of hydrogen-bond donors (Lipinski definition) is 2. The molecule has 64 valence electrons. The minimum Gasteiger partial charge on any atom is -0.481 e. The van der Waals surface area contributed by atoms with Crippen LogP contribution in [0.4, 0.5) is 0 Å². The van der Waals surface area contributed by atoms with E-state index in [9.17, 15) is 13.2 Å². The van der Waals surface area contributed by atoms with Crippen molar-refractivity contribution in [1.82, 2.24) is 0 Å². The highest BCUT2D eigenvalue weighted by Crippen LogP contribution is 2.18. The first-order chi connectivity index (χ1) is 4.92. The van der Waals surface area contributed by atoms with E-state index < -0.39 is 39.3 Å². The molecule has 1 aliphatic heterocycles. The van der Waals surface area contributed by atoms with Gasteiger partial charge in [0.1, 0.15) is 0 Å². The molecule has 0 bridgehead atoms. The summed E-state index contributed by atoms with van der Waals surface area (Å²) in [6.07, 6.45) is -1.24. The quantitative estimate of drug-likeness (QED) is 0.511. The normalized spacial score (nSPS) is 35.4. The SMILES string of the molecule is O=C(O)[C@H]1CS(=O)(=O)C[C@@H]1O. The minimum absolute atomic E-state index is 0.427. The second-order valence-corrected chi connectivity index (χ2v) is 4.74. The molecule has 2 atom stereocenters. The largest absolute Gasteiger partial charge is 0.481 e. The van der Waals surface area contributed by atoms with E-state index in [2.05, 4.69) is 0 Å². The van der Waals surface area contributed by atoms with E-state index in [1.807, 2.05) is 0 Å². The number of carbonyl (C=O) groups is 1. The molecule has 0 amide bonds. The Morgan fingerprint density at radius 3 is 2.09 bits per heavy atom. The lowest BCUT2D eigenvalue weighted by molar-refractivity contribution is -0.143. The number of carboxylic acids is 1. The van der Waals surface area contributed by atoms with E-state index in [0.717, 1.165) is 0 Å². The van der Waals surface area contributed by atoms with Crippen LogP contribution in [0, 0.1) is 5.92 Å². The number of rotatable bonds is 1. The molecule has 0 aromatic rings. The standard InChI is InChI=1S/C5H8O5S/c6-4-2-11(9,10)1-3(4)5(7)8/h3-4,6H,1-2H2,(H,7,8)/t3-,4-/m0/s1. The summed E-state index contributed by atoms with van der Waals surface area (Å²) in [4.78, 5) is 10.3. The number of carboxylic acid groups (broad SMARTS) is 1. The number of sulfone groups is 1. The smallest absolute Gasteiger partial charge is 0.310 e. The maximum absolute atomic E-state index is 10.7. The maximum Gasteiger partial charge on any atom is 0.310 e. The van der Waals surface area contributed by atoms with Gasteiger partial charge in [0.2, 0.25) is 0 Å². The Labute approximate surface area is 63.6 Å². The van der Waals surface area contributed by atoms with E-state index in [4.69, 9.17) is 10.2 Å². The lowest BCUT2D eigenvalue weighted by atomic mass is 10.1. The summed E-state index contributed by atoms with van der Waals surface area (Å²) in [5.74, 6) is -3.26. The average molecular weight is 180 g/mol. The summed E-state index contributed by atoms with van der Waals surface area (Å²) in [5, 5.41) is 17.3. The van der Waals surface area contributed by atoms with Crippen LogP contribution in [-0.4, -0.2) is 42.2 Å². The zero-order valence-corrected chi connectivity index (χ0v) is 6.41. The first-order valence-corrected chi connectivity index (χ1v) is 4.86. The molecule has 1 aliphatic rings. The number of aliphatic hydroxyl groups excluding tert-OH is 1. The molecule has 0 radical (unpaired) electrons. The molecule has 1 fully saturated rings. The van der Waals surface area contributed by atoms with Gasteiger partial charge in [-0.05, 0) is 0 Å². The second-order valence-electron chi connectivity index (χ2n) is 2.59. The summed E-state index contributed by atoms with van der Waals surface area (Å²) >= 11 is 0.